The van der Waals surface area contributed by atoms with Gasteiger partial charge in [-0.25, -0.2) is 0 Å². The van der Waals surface area contributed by atoms with Crippen LogP contribution < -0.4 is 5.73 Å². The molecule has 1 nitrogen and oxygen atoms in total. The molecule has 1 aromatic carbocycles. The molecule has 102 valence electrons. The number of hydrogen-bond donors (Lipinski definition) is 1. The molecule has 0 saturated carbocycles. The Bertz CT molecular complexity index is 390. The summed E-state index contributed by atoms with van der Waals surface area (Å²) < 4.78 is 37.7. The second-order valence-electron chi connectivity index (χ2n) is 4.35. The molecule has 18 heavy (non-hydrogen) atoms. The number of halogens is 3. The fraction of sp³-hybridized carbons (Fsp3) is 0.538. The van der Waals surface area contributed by atoms with E-state index in [1.54, 1.807) is 11.8 Å². The molecule has 0 heterocycles. The first kappa shape index (κ1) is 15.4. The van der Waals surface area contributed by atoms with Crippen LogP contribution in [0.1, 0.15) is 31.4 Å². The summed E-state index contributed by atoms with van der Waals surface area (Å²) in [5, 5.41) is 0. The van der Waals surface area contributed by atoms with E-state index in [9.17, 15) is 13.2 Å². The predicted molar refractivity (Wildman–Crippen MR) is 69.5 cm³/mol. The Morgan fingerprint density at radius 2 is 2.00 bits per heavy atom. The van der Waals surface area contributed by atoms with Gasteiger partial charge >= 0.3 is 6.18 Å². The summed E-state index contributed by atoms with van der Waals surface area (Å²) >= 11 is 1.58. The summed E-state index contributed by atoms with van der Waals surface area (Å²) in [7, 11) is 0. The van der Waals surface area contributed by atoms with Crippen LogP contribution in [-0.2, 0) is 12.7 Å². The lowest BCUT2D eigenvalue weighted by Crippen LogP contribution is -2.08. The first-order valence-electron chi connectivity index (χ1n) is 5.91. The summed E-state index contributed by atoms with van der Waals surface area (Å²) in [5.74, 6) is 1.44. The zero-order chi connectivity index (χ0) is 13.8. The van der Waals surface area contributed by atoms with Crippen LogP contribution in [-0.4, -0.2) is 5.75 Å². The maximum Gasteiger partial charge on any atom is 0.416 e. The second-order valence-corrected chi connectivity index (χ2v) is 5.41. The van der Waals surface area contributed by atoms with Crippen molar-refractivity contribution in [3.8, 4) is 0 Å². The zero-order valence-electron chi connectivity index (χ0n) is 10.6. The minimum atomic E-state index is -4.30. The highest BCUT2D eigenvalue weighted by Crippen LogP contribution is 2.33. The molecular weight excluding hydrogens is 259 g/mol. The Morgan fingerprint density at radius 1 is 1.33 bits per heavy atom. The molecule has 1 unspecified atom stereocenters. The smallest absolute Gasteiger partial charge is 0.326 e. The van der Waals surface area contributed by atoms with Crippen LogP contribution in [0.4, 0.5) is 13.2 Å². The van der Waals surface area contributed by atoms with E-state index in [1.165, 1.54) is 6.07 Å². The molecule has 0 aromatic heterocycles. The molecule has 0 spiro atoms. The lowest BCUT2D eigenvalue weighted by Gasteiger charge is -2.13. The largest absolute Gasteiger partial charge is 0.416 e. The molecule has 1 rings (SSSR count). The molecule has 0 amide bonds. The fourth-order valence-corrected chi connectivity index (χ4v) is 2.60. The SMILES string of the molecule is CCC(C)CSc1ccc(C(F)(F)F)cc1CN. The quantitative estimate of drug-likeness (QED) is 0.812. The fourth-order valence-electron chi connectivity index (χ4n) is 1.41. The predicted octanol–water partition coefficient (Wildman–Crippen LogP) is 4.30. The highest BCUT2D eigenvalue weighted by Gasteiger charge is 2.30. The van der Waals surface area contributed by atoms with E-state index in [1.807, 2.05) is 0 Å². The molecule has 1 aromatic rings. The molecule has 0 bridgehead atoms. The Kier molecular flexibility index (Phi) is 5.53. The van der Waals surface area contributed by atoms with Crippen molar-refractivity contribution < 1.29 is 13.2 Å². The molecule has 0 fully saturated rings. The highest BCUT2D eigenvalue weighted by molar-refractivity contribution is 7.99. The van der Waals surface area contributed by atoms with E-state index in [2.05, 4.69) is 13.8 Å². The third-order valence-corrected chi connectivity index (χ3v) is 4.27. The monoisotopic (exact) mass is 277 g/mol. The Labute approximate surface area is 110 Å². The number of benzene rings is 1. The Hall–Kier alpha value is -0.680. The normalized spacial score (nSPS) is 13.7. The Balaban J connectivity index is 2.87. The van der Waals surface area contributed by atoms with E-state index in [4.69, 9.17) is 5.73 Å². The van der Waals surface area contributed by atoms with Crippen molar-refractivity contribution in [3.05, 3.63) is 29.3 Å². The summed E-state index contributed by atoms with van der Waals surface area (Å²) in [5.41, 5.74) is 5.46. The van der Waals surface area contributed by atoms with Gasteiger partial charge in [-0.05, 0) is 29.7 Å². The lowest BCUT2D eigenvalue weighted by atomic mass is 10.1. The zero-order valence-corrected chi connectivity index (χ0v) is 11.4. The summed E-state index contributed by atoms with van der Waals surface area (Å²) in [4.78, 5) is 0.853. The van der Waals surface area contributed by atoms with Gasteiger partial charge in [-0.1, -0.05) is 20.3 Å². The number of hydrogen-bond acceptors (Lipinski definition) is 2. The molecule has 0 aliphatic heterocycles. The van der Waals surface area contributed by atoms with E-state index < -0.39 is 11.7 Å². The highest BCUT2D eigenvalue weighted by atomic mass is 32.2. The van der Waals surface area contributed by atoms with Crippen LogP contribution in [0, 0.1) is 5.92 Å². The van der Waals surface area contributed by atoms with Gasteiger partial charge < -0.3 is 5.73 Å². The van der Waals surface area contributed by atoms with Crippen LogP contribution in [0.15, 0.2) is 23.1 Å². The van der Waals surface area contributed by atoms with Crippen molar-refractivity contribution in [1.82, 2.24) is 0 Å². The number of alkyl halides is 3. The molecule has 0 aliphatic carbocycles. The average molecular weight is 277 g/mol. The van der Waals surface area contributed by atoms with Crippen molar-refractivity contribution in [3.63, 3.8) is 0 Å². The van der Waals surface area contributed by atoms with Gasteiger partial charge in [-0.2, -0.15) is 13.2 Å². The molecule has 2 N–H and O–H groups in total. The summed E-state index contributed by atoms with van der Waals surface area (Å²) in [6, 6.07) is 3.80. The second kappa shape index (κ2) is 6.48. The molecule has 0 radical (unpaired) electrons. The molecule has 0 aliphatic rings. The maximum atomic E-state index is 12.6. The first-order chi connectivity index (χ1) is 8.38. The molecular formula is C13H18F3NS. The average Bonchev–Trinajstić information content (AvgIpc) is 2.34. The molecule has 5 heteroatoms. The van der Waals surface area contributed by atoms with Gasteiger partial charge in [0, 0.05) is 17.2 Å². The van der Waals surface area contributed by atoms with Gasteiger partial charge in [0.2, 0.25) is 0 Å². The minimum Gasteiger partial charge on any atom is -0.326 e. The third kappa shape index (κ3) is 4.21. The van der Waals surface area contributed by atoms with Crippen molar-refractivity contribution in [1.29, 1.82) is 0 Å². The van der Waals surface area contributed by atoms with E-state index in [0.717, 1.165) is 29.2 Å². The lowest BCUT2D eigenvalue weighted by molar-refractivity contribution is -0.137. The van der Waals surface area contributed by atoms with Crippen molar-refractivity contribution in [2.24, 2.45) is 11.7 Å². The third-order valence-electron chi connectivity index (χ3n) is 2.83. The minimum absolute atomic E-state index is 0.132. The molecule has 0 saturated heterocycles. The van der Waals surface area contributed by atoms with Gasteiger partial charge in [0.15, 0.2) is 0 Å². The topological polar surface area (TPSA) is 26.0 Å². The standard InChI is InChI=1S/C13H18F3NS/c1-3-9(2)8-18-12-5-4-11(13(14,15)16)6-10(12)7-17/h4-6,9H,3,7-8,17H2,1-2H3. The van der Waals surface area contributed by atoms with Crippen molar-refractivity contribution >= 4 is 11.8 Å². The van der Waals surface area contributed by atoms with Gasteiger partial charge in [0.25, 0.3) is 0 Å². The van der Waals surface area contributed by atoms with E-state index >= 15 is 0 Å². The van der Waals surface area contributed by atoms with Gasteiger partial charge in [0.1, 0.15) is 0 Å². The maximum absolute atomic E-state index is 12.6. The Morgan fingerprint density at radius 3 is 2.50 bits per heavy atom. The summed E-state index contributed by atoms with van der Waals surface area (Å²) in [6.45, 7) is 4.35. The van der Waals surface area contributed by atoms with Gasteiger partial charge in [0.05, 0.1) is 5.56 Å². The van der Waals surface area contributed by atoms with Crippen molar-refractivity contribution in [2.75, 3.05) is 5.75 Å². The van der Waals surface area contributed by atoms with Crippen LogP contribution in [0.25, 0.3) is 0 Å². The van der Waals surface area contributed by atoms with Crippen LogP contribution in [0.3, 0.4) is 0 Å². The number of rotatable bonds is 5. The molecule has 1 atom stereocenters. The van der Waals surface area contributed by atoms with Crippen LogP contribution in [0.5, 0.6) is 0 Å². The van der Waals surface area contributed by atoms with E-state index in [-0.39, 0.29) is 6.54 Å². The van der Waals surface area contributed by atoms with Gasteiger partial charge in [-0.3, -0.25) is 0 Å². The first-order valence-corrected chi connectivity index (χ1v) is 6.90. The van der Waals surface area contributed by atoms with E-state index in [0.29, 0.717) is 11.5 Å². The van der Waals surface area contributed by atoms with Crippen molar-refractivity contribution in [2.45, 2.75) is 37.9 Å². The summed E-state index contributed by atoms with van der Waals surface area (Å²) in [6.07, 6.45) is -3.24. The van der Waals surface area contributed by atoms with Crippen LogP contribution in [0.2, 0.25) is 0 Å². The number of thioether (sulfide) groups is 1. The van der Waals surface area contributed by atoms with Crippen LogP contribution >= 0.6 is 11.8 Å². The van der Waals surface area contributed by atoms with Gasteiger partial charge in [-0.15, -0.1) is 11.8 Å². The number of nitrogens with two attached hydrogens (primary N) is 1.